The van der Waals surface area contributed by atoms with E-state index in [4.69, 9.17) is 16.9 Å². The molecule has 0 saturated heterocycles. The van der Waals surface area contributed by atoms with Gasteiger partial charge >= 0.3 is 0 Å². The van der Waals surface area contributed by atoms with E-state index in [1.165, 1.54) is 35.2 Å². The van der Waals surface area contributed by atoms with Gasteiger partial charge in [0, 0.05) is 18.5 Å². The van der Waals surface area contributed by atoms with Gasteiger partial charge in [-0.05, 0) is 56.7 Å². The number of hydrogen-bond donors (Lipinski definition) is 1. The van der Waals surface area contributed by atoms with Crippen LogP contribution in [0.4, 0.5) is 14.5 Å². The van der Waals surface area contributed by atoms with Crippen LogP contribution in [-0.4, -0.2) is 23.0 Å². The lowest BCUT2D eigenvalue weighted by Gasteiger charge is -2.31. The molecule has 1 amide bonds. The quantitative estimate of drug-likeness (QED) is 0.748. The third kappa shape index (κ3) is 4.16. The lowest BCUT2D eigenvalue weighted by molar-refractivity contribution is -0.165. The van der Waals surface area contributed by atoms with E-state index in [0.29, 0.717) is 23.2 Å². The van der Waals surface area contributed by atoms with E-state index in [-0.39, 0.29) is 17.2 Å². The predicted octanol–water partition coefficient (Wildman–Crippen LogP) is 5.13. The fourth-order valence-electron chi connectivity index (χ4n) is 2.72. The highest BCUT2D eigenvalue weighted by Gasteiger charge is 2.45. The number of rotatable bonds is 5. The van der Waals surface area contributed by atoms with Gasteiger partial charge in [0.05, 0.1) is 22.3 Å². The fourth-order valence-corrected chi connectivity index (χ4v) is 2.93. The zero-order valence-corrected chi connectivity index (χ0v) is 16.8. The first-order chi connectivity index (χ1) is 12.9. The highest BCUT2D eigenvalue weighted by atomic mass is 35.5. The number of carbonyl (C=O) groups is 1. The Balaban J connectivity index is 2.44. The second kappa shape index (κ2) is 7.86. The number of nitriles is 1. The topological polar surface area (TPSA) is 64.3 Å². The Hall–Kier alpha value is -2.49. The molecule has 0 aliphatic carbocycles. The summed E-state index contributed by atoms with van der Waals surface area (Å²) in [4.78, 5) is 14.5. The van der Waals surface area contributed by atoms with Crippen LogP contribution >= 0.6 is 11.6 Å². The molecule has 0 radical (unpaired) electrons. The average molecular weight is 407 g/mol. The molecule has 2 aromatic rings. The van der Waals surface area contributed by atoms with Gasteiger partial charge in [-0.3, -0.25) is 4.79 Å². The van der Waals surface area contributed by atoms with Crippen LogP contribution in [0.1, 0.15) is 49.2 Å². The number of carbonyl (C=O) groups excluding carboxylic acids is 1. The average Bonchev–Trinajstić information content (AvgIpc) is 2.62. The van der Waals surface area contributed by atoms with Crippen molar-refractivity contribution < 1.29 is 18.7 Å². The molecule has 0 spiro atoms. The lowest BCUT2D eigenvalue weighted by atomic mass is 9.89. The molecule has 2 rings (SSSR count). The van der Waals surface area contributed by atoms with E-state index >= 15 is 0 Å². The second-order valence-electron chi connectivity index (χ2n) is 7.08. The lowest BCUT2D eigenvalue weighted by Crippen LogP contribution is -2.40. The summed E-state index contributed by atoms with van der Waals surface area (Å²) >= 11 is 6.24. The van der Waals surface area contributed by atoms with Crippen LogP contribution in [0.25, 0.3) is 0 Å². The van der Waals surface area contributed by atoms with Crippen molar-refractivity contribution in [2.45, 2.75) is 45.3 Å². The van der Waals surface area contributed by atoms with Gasteiger partial charge in [-0.2, -0.15) is 5.26 Å². The van der Waals surface area contributed by atoms with Crippen molar-refractivity contribution in [3.8, 4) is 6.07 Å². The molecule has 2 aromatic carbocycles. The molecular weight excluding hydrogens is 386 g/mol. The van der Waals surface area contributed by atoms with Gasteiger partial charge in [-0.15, -0.1) is 0 Å². The third-order valence-corrected chi connectivity index (χ3v) is 4.94. The smallest absolute Gasteiger partial charge is 0.277 e. The predicted molar refractivity (Wildman–Crippen MR) is 105 cm³/mol. The number of halogens is 3. The first-order valence-electron chi connectivity index (χ1n) is 8.64. The van der Waals surface area contributed by atoms with Gasteiger partial charge in [0.15, 0.2) is 0 Å². The van der Waals surface area contributed by atoms with Crippen molar-refractivity contribution in [3.05, 3.63) is 64.2 Å². The van der Waals surface area contributed by atoms with E-state index in [0.717, 1.165) is 6.92 Å². The van der Waals surface area contributed by atoms with Crippen LogP contribution in [0.3, 0.4) is 0 Å². The SMILES string of the molecule is CC(C)N(C(=O)c1ccc(C(C)(O)C(C)(F)F)cc1)c1cc(C#N)ccc1Cl. The van der Waals surface area contributed by atoms with Gasteiger partial charge < -0.3 is 10.0 Å². The van der Waals surface area contributed by atoms with E-state index in [9.17, 15) is 18.7 Å². The Morgan fingerprint density at radius 1 is 1.18 bits per heavy atom. The molecule has 1 atom stereocenters. The molecule has 0 fully saturated rings. The zero-order chi connectivity index (χ0) is 21.3. The Morgan fingerprint density at radius 2 is 1.75 bits per heavy atom. The first kappa shape index (κ1) is 21.8. The van der Waals surface area contributed by atoms with Crippen LogP contribution in [-0.2, 0) is 5.60 Å². The van der Waals surface area contributed by atoms with Crippen molar-refractivity contribution in [1.29, 1.82) is 5.26 Å². The molecule has 0 bridgehead atoms. The third-order valence-electron chi connectivity index (χ3n) is 4.62. The van der Waals surface area contributed by atoms with Gasteiger partial charge in [0.2, 0.25) is 0 Å². The maximum absolute atomic E-state index is 13.6. The van der Waals surface area contributed by atoms with E-state index in [1.807, 2.05) is 6.07 Å². The Morgan fingerprint density at radius 3 is 2.21 bits per heavy atom. The number of hydrogen-bond acceptors (Lipinski definition) is 3. The number of alkyl halides is 2. The van der Waals surface area contributed by atoms with Crippen LogP contribution in [0.5, 0.6) is 0 Å². The molecule has 0 aliphatic rings. The maximum atomic E-state index is 13.6. The minimum absolute atomic E-state index is 0.00263. The van der Waals surface area contributed by atoms with Crippen LogP contribution in [0.15, 0.2) is 42.5 Å². The summed E-state index contributed by atoms with van der Waals surface area (Å²) in [5.74, 6) is -3.75. The minimum atomic E-state index is -3.35. The number of nitrogens with zero attached hydrogens (tertiary/aromatic N) is 2. The second-order valence-corrected chi connectivity index (χ2v) is 7.49. The molecule has 0 aromatic heterocycles. The first-order valence-corrected chi connectivity index (χ1v) is 9.02. The molecule has 4 nitrogen and oxygen atoms in total. The van der Waals surface area contributed by atoms with Gasteiger partial charge in [-0.1, -0.05) is 23.7 Å². The van der Waals surface area contributed by atoms with Crippen LogP contribution in [0, 0.1) is 11.3 Å². The number of aliphatic hydroxyl groups is 1. The summed E-state index contributed by atoms with van der Waals surface area (Å²) in [7, 11) is 0. The molecule has 1 unspecified atom stereocenters. The standard InChI is InChI=1S/C21H21ClF2N2O2/c1-13(2)26(18-11-14(12-25)5-10-17(18)22)19(27)15-6-8-16(9-7-15)20(3,28)21(4,23)24/h5-11,13,28H,1-4H3. The molecule has 0 heterocycles. The number of benzene rings is 2. The number of anilines is 1. The summed E-state index contributed by atoms with van der Waals surface area (Å²) in [5.41, 5.74) is -1.38. The molecule has 1 N–H and O–H groups in total. The summed E-state index contributed by atoms with van der Waals surface area (Å²) in [6.45, 7) is 5.25. The van der Waals surface area contributed by atoms with Gasteiger partial charge in [0.25, 0.3) is 11.8 Å². The molecule has 28 heavy (non-hydrogen) atoms. The summed E-state index contributed by atoms with van der Waals surface area (Å²) < 4.78 is 27.3. The van der Waals surface area contributed by atoms with Crippen molar-refractivity contribution >= 4 is 23.2 Å². The molecule has 0 saturated carbocycles. The summed E-state index contributed by atoms with van der Waals surface area (Å²) in [6.07, 6.45) is 0. The molecule has 0 aliphatic heterocycles. The Bertz CT molecular complexity index is 913. The summed E-state index contributed by atoms with van der Waals surface area (Å²) in [6, 6.07) is 11.7. The molecule has 7 heteroatoms. The Labute approximate surface area is 168 Å². The molecule has 148 valence electrons. The largest absolute Gasteiger partial charge is 0.379 e. The highest BCUT2D eigenvalue weighted by Crippen LogP contribution is 2.37. The van der Waals surface area contributed by atoms with Crippen molar-refractivity contribution in [3.63, 3.8) is 0 Å². The Kier molecular flexibility index (Phi) is 6.12. The van der Waals surface area contributed by atoms with E-state index < -0.39 is 17.4 Å². The van der Waals surface area contributed by atoms with Crippen LogP contribution in [0.2, 0.25) is 5.02 Å². The summed E-state index contributed by atoms with van der Waals surface area (Å²) in [5, 5.41) is 19.6. The molecular formula is C21H21ClF2N2O2. The zero-order valence-electron chi connectivity index (χ0n) is 16.0. The number of amides is 1. The fraction of sp³-hybridized carbons (Fsp3) is 0.333. The van der Waals surface area contributed by atoms with Crippen molar-refractivity contribution in [2.24, 2.45) is 0 Å². The van der Waals surface area contributed by atoms with E-state index in [2.05, 4.69) is 0 Å². The van der Waals surface area contributed by atoms with Gasteiger partial charge in [0.1, 0.15) is 5.60 Å². The monoisotopic (exact) mass is 406 g/mol. The van der Waals surface area contributed by atoms with E-state index in [1.54, 1.807) is 26.0 Å². The van der Waals surface area contributed by atoms with Crippen molar-refractivity contribution in [1.82, 2.24) is 0 Å². The highest BCUT2D eigenvalue weighted by molar-refractivity contribution is 6.34. The normalized spacial score (nSPS) is 13.7. The van der Waals surface area contributed by atoms with Crippen LogP contribution < -0.4 is 4.90 Å². The maximum Gasteiger partial charge on any atom is 0.277 e. The van der Waals surface area contributed by atoms with Crippen molar-refractivity contribution in [2.75, 3.05) is 4.90 Å². The van der Waals surface area contributed by atoms with Gasteiger partial charge in [-0.25, -0.2) is 8.78 Å². The minimum Gasteiger partial charge on any atom is -0.379 e.